The first-order valence-electron chi connectivity index (χ1n) is 7.72. The molecule has 23 heavy (non-hydrogen) atoms. The molecule has 3 N–H and O–H groups in total. The smallest absolute Gasteiger partial charge is 0.243 e. The lowest BCUT2D eigenvalue weighted by Crippen LogP contribution is -2.40. The number of ether oxygens (including phenoxy) is 2. The van der Waals surface area contributed by atoms with E-state index in [1.807, 2.05) is 6.92 Å². The molecule has 1 aromatic carbocycles. The predicted octanol–water partition coefficient (Wildman–Crippen LogP) is 0.982. The topological polar surface area (TPSA) is 93.9 Å². The molecular formula is C16H23N3O4. The van der Waals surface area contributed by atoms with Crippen LogP contribution < -0.4 is 20.5 Å². The van der Waals surface area contributed by atoms with Crippen LogP contribution >= 0.6 is 0 Å². The molecule has 7 heteroatoms. The second-order valence-corrected chi connectivity index (χ2v) is 5.50. The van der Waals surface area contributed by atoms with Crippen LogP contribution in [0.2, 0.25) is 0 Å². The summed E-state index contributed by atoms with van der Waals surface area (Å²) in [6, 6.07) is 4.98. The molecule has 0 radical (unpaired) electrons. The van der Waals surface area contributed by atoms with Gasteiger partial charge in [-0.1, -0.05) is 0 Å². The number of carbonyl (C=O) groups excluding carboxylic acids is 2. The van der Waals surface area contributed by atoms with Crippen LogP contribution in [0.5, 0.6) is 11.5 Å². The van der Waals surface area contributed by atoms with Gasteiger partial charge in [0.05, 0.1) is 6.54 Å². The van der Waals surface area contributed by atoms with Gasteiger partial charge in [0, 0.05) is 30.8 Å². The highest BCUT2D eigenvalue weighted by Crippen LogP contribution is 2.32. The summed E-state index contributed by atoms with van der Waals surface area (Å²) in [6.45, 7) is 5.06. The van der Waals surface area contributed by atoms with Crippen molar-refractivity contribution in [3.8, 4) is 11.5 Å². The number of hydrogen-bond donors (Lipinski definition) is 2. The van der Waals surface area contributed by atoms with E-state index >= 15 is 0 Å². The molecule has 0 aliphatic carbocycles. The SMILES string of the molecule is CCN(CC(=O)Nc1ccc2c(c1)OCCO2)C(=O)CC(C)N. The third-order valence-electron chi connectivity index (χ3n) is 3.39. The molecule has 7 nitrogen and oxygen atoms in total. The lowest BCUT2D eigenvalue weighted by molar-refractivity contribution is -0.134. The second-order valence-electron chi connectivity index (χ2n) is 5.50. The van der Waals surface area contributed by atoms with Gasteiger partial charge in [-0.3, -0.25) is 9.59 Å². The van der Waals surface area contributed by atoms with Crippen molar-refractivity contribution in [2.24, 2.45) is 5.73 Å². The van der Waals surface area contributed by atoms with E-state index in [1.165, 1.54) is 4.90 Å². The number of carbonyl (C=O) groups is 2. The minimum atomic E-state index is -0.262. The molecule has 2 rings (SSSR count). The van der Waals surface area contributed by atoms with Gasteiger partial charge in [-0.2, -0.15) is 0 Å². The van der Waals surface area contributed by atoms with E-state index in [0.717, 1.165) is 0 Å². The van der Waals surface area contributed by atoms with Crippen molar-refractivity contribution in [2.75, 3.05) is 31.6 Å². The third kappa shape index (κ3) is 4.85. The summed E-state index contributed by atoms with van der Waals surface area (Å²) in [5, 5.41) is 2.77. The van der Waals surface area contributed by atoms with Crippen molar-refractivity contribution in [1.29, 1.82) is 0 Å². The number of nitrogens with one attached hydrogen (secondary N) is 1. The van der Waals surface area contributed by atoms with Gasteiger partial charge in [-0.15, -0.1) is 0 Å². The number of benzene rings is 1. The molecule has 126 valence electrons. The molecule has 0 saturated carbocycles. The highest BCUT2D eigenvalue weighted by atomic mass is 16.6. The Hall–Kier alpha value is -2.28. The van der Waals surface area contributed by atoms with Gasteiger partial charge in [0.2, 0.25) is 11.8 Å². The molecular weight excluding hydrogens is 298 g/mol. The van der Waals surface area contributed by atoms with Gasteiger partial charge in [-0.25, -0.2) is 0 Å². The number of fused-ring (bicyclic) bond motifs is 1. The quantitative estimate of drug-likeness (QED) is 0.814. The zero-order valence-electron chi connectivity index (χ0n) is 13.5. The van der Waals surface area contributed by atoms with Gasteiger partial charge >= 0.3 is 0 Å². The average Bonchev–Trinajstić information content (AvgIpc) is 2.51. The fourth-order valence-corrected chi connectivity index (χ4v) is 2.28. The minimum Gasteiger partial charge on any atom is -0.486 e. The van der Waals surface area contributed by atoms with Gasteiger partial charge < -0.3 is 25.4 Å². The van der Waals surface area contributed by atoms with Crippen molar-refractivity contribution in [3.63, 3.8) is 0 Å². The van der Waals surface area contributed by atoms with Crippen LogP contribution in [0.15, 0.2) is 18.2 Å². The van der Waals surface area contributed by atoms with Crippen molar-refractivity contribution in [2.45, 2.75) is 26.3 Å². The molecule has 0 saturated heterocycles. The highest BCUT2D eigenvalue weighted by molar-refractivity contribution is 5.94. The Kier molecular flexibility index (Phi) is 5.81. The average molecular weight is 321 g/mol. The van der Waals surface area contributed by atoms with E-state index < -0.39 is 0 Å². The van der Waals surface area contributed by atoms with E-state index in [9.17, 15) is 9.59 Å². The maximum absolute atomic E-state index is 12.1. The minimum absolute atomic E-state index is 0.00348. The van der Waals surface area contributed by atoms with E-state index in [0.29, 0.717) is 36.9 Å². The van der Waals surface area contributed by atoms with Crippen molar-refractivity contribution in [3.05, 3.63) is 18.2 Å². The summed E-state index contributed by atoms with van der Waals surface area (Å²) >= 11 is 0. The largest absolute Gasteiger partial charge is 0.486 e. The summed E-state index contributed by atoms with van der Waals surface area (Å²) in [5.74, 6) is 0.882. The normalized spacial score (nSPS) is 14.0. The summed E-state index contributed by atoms with van der Waals surface area (Å²) in [5.41, 5.74) is 6.24. The maximum Gasteiger partial charge on any atom is 0.243 e. The number of hydrogen-bond acceptors (Lipinski definition) is 5. The molecule has 1 aromatic rings. The number of nitrogens with zero attached hydrogens (tertiary/aromatic N) is 1. The Morgan fingerprint density at radius 3 is 2.65 bits per heavy atom. The zero-order chi connectivity index (χ0) is 16.8. The Morgan fingerprint density at radius 2 is 2.00 bits per heavy atom. The van der Waals surface area contributed by atoms with Crippen molar-refractivity contribution in [1.82, 2.24) is 4.90 Å². The standard InChI is InChI=1S/C16H23N3O4/c1-3-19(16(21)8-11(2)17)10-15(20)18-12-4-5-13-14(9-12)23-7-6-22-13/h4-5,9,11H,3,6-8,10,17H2,1-2H3,(H,18,20). The number of anilines is 1. The fraction of sp³-hybridized carbons (Fsp3) is 0.500. The van der Waals surface area contributed by atoms with E-state index in [1.54, 1.807) is 25.1 Å². The van der Waals surface area contributed by atoms with Crippen LogP contribution in [-0.2, 0) is 9.59 Å². The van der Waals surface area contributed by atoms with Gasteiger partial charge in [0.15, 0.2) is 11.5 Å². The maximum atomic E-state index is 12.1. The lowest BCUT2D eigenvalue weighted by Gasteiger charge is -2.22. The Balaban J connectivity index is 1.94. The Labute approximate surface area is 135 Å². The number of nitrogens with two attached hydrogens (primary N) is 1. The summed E-state index contributed by atoms with van der Waals surface area (Å²) in [7, 11) is 0. The number of rotatable bonds is 6. The van der Waals surface area contributed by atoms with Crippen LogP contribution in [0.1, 0.15) is 20.3 Å². The summed E-state index contributed by atoms with van der Waals surface area (Å²) in [6.07, 6.45) is 0.227. The van der Waals surface area contributed by atoms with E-state index in [4.69, 9.17) is 15.2 Å². The Bertz CT molecular complexity index is 574. The molecule has 0 spiro atoms. The van der Waals surface area contributed by atoms with E-state index in [2.05, 4.69) is 5.32 Å². The van der Waals surface area contributed by atoms with Crippen molar-refractivity contribution < 1.29 is 19.1 Å². The lowest BCUT2D eigenvalue weighted by atomic mass is 10.2. The van der Waals surface area contributed by atoms with Crippen LogP contribution in [0.3, 0.4) is 0 Å². The van der Waals surface area contributed by atoms with Crippen LogP contribution in [0.4, 0.5) is 5.69 Å². The molecule has 2 amide bonds. The molecule has 1 unspecified atom stereocenters. The predicted molar refractivity (Wildman–Crippen MR) is 86.6 cm³/mol. The Morgan fingerprint density at radius 1 is 1.30 bits per heavy atom. The molecule has 1 aliphatic rings. The highest BCUT2D eigenvalue weighted by Gasteiger charge is 2.18. The number of amides is 2. The summed E-state index contributed by atoms with van der Waals surface area (Å²) in [4.78, 5) is 25.6. The summed E-state index contributed by atoms with van der Waals surface area (Å²) < 4.78 is 10.9. The number of likely N-dealkylation sites (N-methyl/N-ethyl adjacent to an activating group) is 1. The van der Waals surface area contributed by atoms with Crippen LogP contribution in [-0.4, -0.2) is 49.1 Å². The van der Waals surface area contributed by atoms with Gasteiger partial charge in [0.25, 0.3) is 0 Å². The molecule has 0 fully saturated rings. The van der Waals surface area contributed by atoms with Crippen LogP contribution in [0, 0.1) is 0 Å². The van der Waals surface area contributed by atoms with E-state index in [-0.39, 0.29) is 30.8 Å². The molecule has 1 heterocycles. The monoisotopic (exact) mass is 321 g/mol. The van der Waals surface area contributed by atoms with Crippen molar-refractivity contribution >= 4 is 17.5 Å². The first kappa shape index (κ1) is 17.1. The fourth-order valence-electron chi connectivity index (χ4n) is 2.28. The van der Waals surface area contributed by atoms with Crippen LogP contribution in [0.25, 0.3) is 0 Å². The third-order valence-corrected chi connectivity index (χ3v) is 3.39. The molecule has 1 aliphatic heterocycles. The molecule has 1 atom stereocenters. The molecule has 0 bridgehead atoms. The zero-order valence-corrected chi connectivity index (χ0v) is 13.5. The molecule has 0 aromatic heterocycles. The first-order valence-corrected chi connectivity index (χ1v) is 7.72. The van der Waals surface area contributed by atoms with Gasteiger partial charge in [0.1, 0.15) is 13.2 Å². The second kappa shape index (κ2) is 7.82. The van der Waals surface area contributed by atoms with Gasteiger partial charge in [-0.05, 0) is 26.0 Å². The first-order chi connectivity index (χ1) is 11.0.